The molecule has 0 aliphatic carbocycles. The molecule has 6 heteroatoms. The molecule has 0 aromatic carbocycles. The minimum atomic E-state index is -3.06. The van der Waals surface area contributed by atoms with E-state index in [2.05, 4.69) is 4.72 Å². The van der Waals surface area contributed by atoms with Crippen molar-refractivity contribution in [2.45, 2.75) is 12.5 Å². The van der Waals surface area contributed by atoms with Crippen LogP contribution in [0.2, 0.25) is 0 Å². The van der Waals surface area contributed by atoms with Gasteiger partial charge in [-0.05, 0) is 6.42 Å². The molecule has 1 aliphatic heterocycles. The average Bonchev–Trinajstić information content (AvgIpc) is 2.10. The minimum absolute atomic E-state index is 0.00463. The van der Waals surface area contributed by atoms with Gasteiger partial charge in [0.2, 0.25) is 10.0 Å². The van der Waals surface area contributed by atoms with E-state index in [9.17, 15) is 8.42 Å². The first-order valence-electron chi connectivity index (χ1n) is 3.44. The van der Waals surface area contributed by atoms with Gasteiger partial charge in [-0.15, -0.1) is 0 Å². The van der Waals surface area contributed by atoms with Crippen molar-refractivity contribution in [3.05, 3.63) is 0 Å². The zero-order chi connectivity index (χ0) is 8.48. The number of nitrogens with zero attached hydrogens (tertiary/aromatic N) is 1. The highest BCUT2D eigenvalue weighted by molar-refractivity contribution is 7.88. The predicted octanol–water partition coefficient (Wildman–Crippen LogP) is -1.52. The lowest BCUT2D eigenvalue weighted by Crippen LogP contribution is -2.37. The van der Waals surface area contributed by atoms with Crippen molar-refractivity contribution < 1.29 is 8.42 Å². The third kappa shape index (κ3) is 3.15. The van der Waals surface area contributed by atoms with Crippen molar-refractivity contribution in [3.63, 3.8) is 0 Å². The van der Waals surface area contributed by atoms with Gasteiger partial charge in [0.25, 0.3) is 0 Å². The van der Waals surface area contributed by atoms with Gasteiger partial charge < -0.3 is 0 Å². The van der Waals surface area contributed by atoms with Crippen molar-refractivity contribution >= 4 is 10.0 Å². The molecule has 1 heterocycles. The van der Waals surface area contributed by atoms with Crippen LogP contribution < -0.4 is 10.6 Å². The van der Waals surface area contributed by atoms with Crippen LogP contribution in [0.3, 0.4) is 0 Å². The summed E-state index contributed by atoms with van der Waals surface area (Å²) in [6, 6.07) is -0.00463. The number of hydrogen-bond donors (Lipinski definition) is 2. The molecule has 0 bridgehead atoms. The molecular weight excluding hydrogens is 166 g/mol. The fraction of sp³-hybridized carbons (Fsp3) is 1.00. The Hall–Kier alpha value is -0.170. The maximum Gasteiger partial charge on any atom is 0.208 e. The van der Waals surface area contributed by atoms with E-state index in [1.807, 2.05) is 0 Å². The first-order chi connectivity index (χ1) is 4.97. The van der Waals surface area contributed by atoms with Gasteiger partial charge in [-0.25, -0.2) is 18.1 Å². The summed E-state index contributed by atoms with van der Waals surface area (Å²) in [4.78, 5) is 0. The SMILES string of the molecule is CS(=O)(=O)NC1CCN(N)C1. The molecule has 0 amide bonds. The normalized spacial score (nSPS) is 27.6. The monoisotopic (exact) mass is 179 g/mol. The molecule has 5 nitrogen and oxygen atoms in total. The fourth-order valence-electron chi connectivity index (χ4n) is 1.19. The first-order valence-corrected chi connectivity index (χ1v) is 5.33. The van der Waals surface area contributed by atoms with Gasteiger partial charge in [0, 0.05) is 19.1 Å². The van der Waals surface area contributed by atoms with E-state index in [1.165, 1.54) is 0 Å². The molecule has 1 rings (SSSR count). The lowest BCUT2D eigenvalue weighted by Gasteiger charge is -2.09. The Bertz CT molecular complexity index is 226. The second-order valence-corrected chi connectivity index (χ2v) is 4.65. The summed E-state index contributed by atoms with van der Waals surface area (Å²) in [7, 11) is -3.06. The van der Waals surface area contributed by atoms with Crippen LogP contribution in [-0.4, -0.2) is 38.8 Å². The van der Waals surface area contributed by atoms with E-state index in [0.29, 0.717) is 6.54 Å². The Kier molecular flexibility index (Phi) is 2.48. The van der Waals surface area contributed by atoms with Crippen molar-refractivity contribution in [2.75, 3.05) is 19.3 Å². The molecule has 0 spiro atoms. The maximum atomic E-state index is 10.7. The van der Waals surface area contributed by atoms with Crippen LogP contribution >= 0.6 is 0 Å². The smallest absolute Gasteiger partial charge is 0.208 e. The van der Waals surface area contributed by atoms with Gasteiger partial charge in [0.15, 0.2) is 0 Å². The summed E-state index contributed by atoms with van der Waals surface area (Å²) >= 11 is 0. The molecule has 1 atom stereocenters. The standard InChI is InChI=1S/C5H13N3O2S/c1-11(9,10)7-5-2-3-8(6)4-5/h5,7H,2-4,6H2,1H3. The second kappa shape index (κ2) is 3.06. The Morgan fingerprint density at radius 1 is 1.64 bits per heavy atom. The van der Waals surface area contributed by atoms with Crippen LogP contribution in [0.5, 0.6) is 0 Å². The van der Waals surface area contributed by atoms with E-state index in [0.717, 1.165) is 19.2 Å². The Balaban J connectivity index is 2.41. The molecule has 0 saturated carbocycles. The Morgan fingerprint density at radius 2 is 2.27 bits per heavy atom. The summed E-state index contributed by atoms with van der Waals surface area (Å²) in [5.74, 6) is 5.44. The summed E-state index contributed by atoms with van der Waals surface area (Å²) in [5, 5.41) is 1.61. The topological polar surface area (TPSA) is 75.4 Å². The van der Waals surface area contributed by atoms with Gasteiger partial charge in [0.1, 0.15) is 0 Å². The summed E-state index contributed by atoms with van der Waals surface area (Å²) in [6.45, 7) is 1.36. The molecule has 11 heavy (non-hydrogen) atoms. The van der Waals surface area contributed by atoms with Crippen LogP contribution in [0.15, 0.2) is 0 Å². The van der Waals surface area contributed by atoms with E-state index in [4.69, 9.17) is 5.84 Å². The van der Waals surface area contributed by atoms with Crippen LogP contribution in [-0.2, 0) is 10.0 Å². The largest absolute Gasteiger partial charge is 0.269 e. The van der Waals surface area contributed by atoms with Crippen LogP contribution in [0.4, 0.5) is 0 Å². The van der Waals surface area contributed by atoms with Crippen molar-refractivity contribution in [1.29, 1.82) is 0 Å². The highest BCUT2D eigenvalue weighted by Crippen LogP contribution is 2.04. The molecule has 1 unspecified atom stereocenters. The quantitative estimate of drug-likeness (QED) is 0.505. The summed E-state index contributed by atoms with van der Waals surface area (Å²) < 4.78 is 23.9. The highest BCUT2D eigenvalue weighted by Gasteiger charge is 2.22. The van der Waals surface area contributed by atoms with Crippen molar-refractivity contribution in [3.8, 4) is 0 Å². The Morgan fingerprint density at radius 3 is 2.64 bits per heavy atom. The average molecular weight is 179 g/mol. The van der Waals surface area contributed by atoms with Gasteiger partial charge in [-0.3, -0.25) is 5.84 Å². The maximum absolute atomic E-state index is 10.7. The Labute approximate surface area is 66.6 Å². The molecule has 1 saturated heterocycles. The number of rotatable bonds is 2. The number of hydrogen-bond acceptors (Lipinski definition) is 4. The third-order valence-corrected chi connectivity index (χ3v) is 2.36. The fourth-order valence-corrected chi connectivity index (χ4v) is 1.98. The number of nitrogens with two attached hydrogens (primary N) is 1. The van der Waals surface area contributed by atoms with E-state index >= 15 is 0 Å². The van der Waals surface area contributed by atoms with E-state index < -0.39 is 10.0 Å². The van der Waals surface area contributed by atoms with Gasteiger partial charge in [0.05, 0.1) is 6.26 Å². The number of hydrazine groups is 1. The second-order valence-electron chi connectivity index (χ2n) is 2.87. The molecular formula is C5H13N3O2S. The molecule has 0 aromatic rings. The molecule has 0 aromatic heterocycles. The molecule has 0 radical (unpaired) electrons. The summed E-state index contributed by atoms with van der Waals surface area (Å²) in [6.07, 6.45) is 1.95. The molecule has 3 N–H and O–H groups in total. The van der Waals surface area contributed by atoms with E-state index in [1.54, 1.807) is 5.01 Å². The van der Waals surface area contributed by atoms with Crippen LogP contribution in [0.1, 0.15) is 6.42 Å². The lowest BCUT2D eigenvalue weighted by molar-refractivity contribution is 0.347. The van der Waals surface area contributed by atoms with Gasteiger partial charge in [-0.2, -0.15) is 0 Å². The zero-order valence-corrected chi connectivity index (χ0v) is 7.26. The molecule has 66 valence electrons. The third-order valence-electron chi connectivity index (χ3n) is 1.60. The summed E-state index contributed by atoms with van der Waals surface area (Å²) in [5.41, 5.74) is 0. The molecule has 1 aliphatic rings. The minimum Gasteiger partial charge on any atom is -0.269 e. The lowest BCUT2D eigenvalue weighted by atomic mass is 10.3. The highest BCUT2D eigenvalue weighted by atomic mass is 32.2. The number of sulfonamides is 1. The van der Waals surface area contributed by atoms with Crippen molar-refractivity contribution in [1.82, 2.24) is 9.73 Å². The number of nitrogens with one attached hydrogen (secondary N) is 1. The zero-order valence-electron chi connectivity index (χ0n) is 6.45. The van der Waals surface area contributed by atoms with Gasteiger partial charge >= 0.3 is 0 Å². The van der Waals surface area contributed by atoms with Crippen LogP contribution in [0, 0.1) is 0 Å². The van der Waals surface area contributed by atoms with Gasteiger partial charge in [-0.1, -0.05) is 0 Å². The first kappa shape index (κ1) is 8.92. The van der Waals surface area contributed by atoms with Crippen LogP contribution in [0.25, 0.3) is 0 Å². The van der Waals surface area contributed by atoms with E-state index in [-0.39, 0.29) is 6.04 Å². The van der Waals surface area contributed by atoms with Crippen molar-refractivity contribution in [2.24, 2.45) is 5.84 Å². The predicted molar refractivity (Wildman–Crippen MR) is 42.1 cm³/mol. The molecule has 1 fully saturated rings.